The number of aromatic hydroxyl groups is 2. The number of H-pyrrole nitrogens is 3. The van der Waals surface area contributed by atoms with Gasteiger partial charge in [0, 0.05) is 99.2 Å². The smallest absolute Gasteiger partial charge is 0.404 e. The zero-order valence-electron chi connectivity index (χ0n) is 74.1. The Morgan fingerprint density at radius 2 is 1.19 bits per heavy atom. The zero-order valence-corrected chi connectivity index (χ0v) is 78.4. The monoisotopic (exact) mass is 2000 g/mol. The van der Waals surface area contributed by atoms with Crippen LogP contribution in [0, 0.1) is 19.0 Å². The molecule has 22 rings (SSSR count). The molecule has 10 heterocycles. The summed E-state index contributed by atoms with van der Waals surface area (Å²) in [5.74, 6) is 1.84. The van der Waals surface area contributed by atoms with Crippen molar-refractivity contribution in [3.63, 3.8) is 0 Å². The normalized spacial score (nSPS) is 20.0. The highest BCUT2D eigenvalue weighted by atomic mass is 127. The van der Waals surface area contributed by atoms with E-state index in [1.807, 2.05) is 134 Å². The quantitative estimate of drug-likeness (QED) is 0.0185. The number of fused-ring (bicyclic) bond motifs is 11. The molecular weight excluding hydrogens is 1890 g/mol. The Morgan fingerprint density at radius 1 is 0.617 bits per heavy atom. The number of carbonyl (C=O) groups excluding carboxylic acids is 2. The third-order valence-corrected chi connectivity index (χ3v) is 27.9. The predicted octanol–water partition coefficient (Wildman–Crippen LogP) is 21.6. The van der Waals surface area contributed by atoms with Gasteiger partial charge in [0.15, 0.2) is 5.78 Å². The number of nitrogen functional groups attached to an aromatic ring is 1. The van der Waals surface area contributed by atoms with Gasteiger partial charge in [-0.15, -0.1) is 13.2 Å². The number of benzene rings is 6. The number of allylic oxidation sites excluding steroid dienone is 9. The number of phenols is 2. The molecule has 1 amide bonds. The van der Waals surface area contributed by atoms with Gasteiger partial charge in [0.25, 0.3) is 0 Å². The number of hydrazone groups is 2. The van der Waals surface area contributed by atoms with Crippen LogP contribution in [0.25, 0.3) is 71.8 Å². The second-order valence-electron chi connectivity index (χ2n) is 34.5. The molecular formula is C106H109I2N19O6. The van der Waals surface area contributed by atoms with E-state index in [1.165, 1.54) is 147 Å². The number of dihydropyridines is 2. The van der Waals surface area contributed by atoms with Gasteiger partial charge in [-0.25, -0.2) is 24.7 Å². The third-order valence-electron chi connectivity index (χ3n) is 26.2. The number of aliphatic hydroxyl groups is 1. The Balaban J connectivity index is 0.000000113. The van der Waals surface area contributed by atoms with Crippen LogP contribution < -0.4 is 38.3 Å². The Labute approximate surface area is 799 Å². The van der Waals surface area contributed by atoms with Gasteiger partial charge in [-0.2, -0.15) is 25.5 Å². The number of aryl methyl sites for hydroxylation is 2. The Morgan fingerprint density at radius 3 is 1.80 bits per heavy atom. The maximum absolute atomic E-state index is 12.4. The van der Waals surface area contributed by atoms with Crippen LogP contribution in [0.4, 0.5) is 16.4 Å². The molecule has 6 aromatic heterocycles. The van der Waals surface area contributed by atoms with E-state index in [2.05, 4.69) is 196 Å². The number of aromatic nitrogens is 10. The number of aromatic amines is 3. The van der Waals surface area contributed by atoms with Gasteiger partial charge in [0.05, 0.1) is 94.9 Å². The SMILES string of the molecule is C=C/C=C(O)\C=C\c1nc2ccc3[nH]ncc3c2c2c1CCCC2.C=CC1NN=CC1C1=CNC(C2=CC=CCC2=O)C2=C1CCCC2.C=CC1NN=CC1C1=CNC(c2cc(I)c(O)c(I)c2)C2=C1CCCC2.NC(=O)OCc1ccccc1.Nc1ncc(-c2nc3ccc4[nH]ncc4c3c3c2CCCC3)cn1.Oc1ccc(C(Nc2ccc3[nH]ncc3c2)C2=CCCCC2)cc1. The van der Waals surface area contributed by atoms with Crippen LogP contribution >= 0.6 is 45.2 Å². The molecule has 133 heavy (non-hydrogen) atoms. The average molecular weight is 2000 g/mol. The molecule has 12 aromatic rings. The van der Waals surface area contributed by atoms with Crippen molar-refractivity contribution < 1.29 is 29.6 Å². The van der Waals surface area contributed by atoms with Crippen LogP contribution in [-0.4, -0.2) is 108 Å². The van der Waals surface area contributed by atoms with Gasteiger partial charge in [-0.05, 0) is 337 Å². The van der Waals surface area contributed by atoms with Crippen LogP contribution in [0.1, 0.15) is 166 Å². The Bertz CT molecular complexity index is 6730. The lowest BCUT2D eigenvalue weighted by Crippen LogP contribution is -2.39. The van der Waals surface area contributed by atoms with Crippen molar-refractivity contribution in [1.82, 2.24) is 72.0 Å². The Kier molecular flexibility index (Phi) is 29.4. The van der Waals surface area contributed by atoms with E-state index in [0.29, 0.717) is 17.9 Å². The number of amides is 1. The first-order valence-corrected chi connectivity index (χ1v) is 48.0. The number of primary amides is 1. The van der Waals surface area contributed by atoms with Gasteiger partial charge < -0.3 is 58.3 Å². The number of hydrogen-bond acceptors (Lipinski definition) is 21. The van der Waals surface area contributed by atoms with E-state index in [4.69, 9.17) is 21.4 Å². The average Bonchev–Trinajstić information content (AvgIpc) is 1.76. The molecule has 678 valence electrons. The molecule has 6 aliphatic carbocycles. The van der Waals surface area contributed by atoms with Crippen LogP contribution in [-0.2, 0) is 41.8 Å². The molecule has 0 saturated carbocycles. The van der Waals surface area contributed by atoms with Crippen molar-refractivity contribution in [2.45, 2.75) is 172 Å². The summed E-state index contributed by atoms with van der Waals surface area (Å²) in [7, 11) is 0. The van der Waals surface area contributed by atoms with Gasteiger partial charge in [0.1, 0.15) is 23.9 Å². The third kappa shape index (κ3) is 20.9. The largest absolute Gasteiger partial charge is 0.508 e. The zero-order chi connectivity index (χ0) is 91.9. The van der Waals surface area contributed by atoms with Crippen molar-refractivity contribution in [1.29, 1.82) is 0 Å². The number of ketones is 1. The van der Waals surface area contributed by atoms with Crippen LogP contribution in [0.15, 0.2) is 288 Å². The van der Waals surface area contributed by atoms with Crippen molar-refractivity contribution in [3.05, 3.63) is 329 Å². The molecule has 0 fully saturated rings. The lowest BCUT2D eigenvalue weighted by molar-refractivity contribution is -0.115. The number of anilines is 2. The number of aliphatic hydroxyl groups excluding tert-OH is 1. The second kappa shape index (κ2) is 42.8. The number of hydrogen-bond donors (Lipinski definition) is 13. The van der Waals surface area contributed by atoms with Crippen molar-refractivity contribution in [2.75, 3.05) is 11.1 Å². The number of ether oxygens (including phenoxy) is 1. The summed E-state index contributed by atoms with van der Waals surface area (Å²) < 4.78 is 6.37. The number of pyridine rings is 2. The highest BCUT2D eigenvalue weighted by molar-refractivity contribution is 14.1. The fraction of sp³-hybridized carbons (Fsp3) is 0.274. The number of nitrogens with zero attached hydrogens (tertiary/aromatic N) is 9. The standard InChI is InChI=1S/C20H21I2N3O.C20H23N3O.C20H19N3O.C20H21N3O.C18H16N6.C8H9NO2/c1-2-18-15(10-24-25-18)14-9-23-19(13-6-4-3-5-12(13)14)11-7-16(21)20(26)17(22)8-11;1-2-18-17(12-22-23-18)16-11-21-20(14-8-4-3-7-13(14)16)15-9-5-6-10-19(15)24;1-2-5-13(24)8-9-17-14-6-3-4-7-15(14)20-16-12-21-23-18(16)10-11-19(20)22-17;24-18-9-6-15(7-10-18)20(14-4-2-1-3-5-14)22-17-8-11-19-16(12-17)13-21-23-19;19-18-20-7-10(8-21-18)17-12-4-2-1-3-11(12)16-13-9-22-24-14(13)5-6-15(16)23-17;9-8(10)11-6-7-4-2-1-3-5-7/h2,7-10,15,18-19,23,25-26H,1,3-6H2;2,5-6,9,11-12,17-18,20-21,23H,1,3-4,7-8,10H2;2,5,8-12,24H,1,3-4,6-7H2,(H,21,23);4,6-13,20,22,24H,1-3,5H2,(H,21,23);5-9H,1-4H2,(H,22,24)(H2,19,20,21);1-5H,6H2,(H2,9,10)/b;;9-8+,13-5+;;;. The molecule has 27 heteroatoms. The summed E-state index contributed by atoms with van der Waals surface area (Å²) in [5.41, 5.74) is 45.2. The topological polar surface area (TPSA) is 379 Å². The van der Waals surface area contributed by atoms with E-state index in [0.717, 1.165) is 149 Å². The minimum atomic E-state index is -0.742. The van der Waals surface area contributed by atoms with Crippen molar-refractivity contribution >= 4 is 142 Å². The number of halogens is 2. The van der Waals surface area contributed by atoms with Gasteiger partial charge in [-0.1, -0.05) is 91.6 Å². The molecule has 4 aliphatic heterocycles. The fourth-order valence-corrected chi connectivity index (χ4v) is 21.6. The lowest BCUT2D eigenvalue weighted by Gasteiger charge is -2.36. The van der Waals surface area contributed by atoms with E-state index in [9.17, 15) is 24.9 Å². The highest BCUT2D eigenvalue weighted by Crippen LogP contribution is 2.47. The summed E-state index contributed by atoms with van der Waals surface area (Å²) in [6, 6.07) is 36.2. The fourth-order valence-electron chi connectivity index (χ4n) is 19.7. The van der Waals surface area contributed by atoms with E-state index < -0.39 is 6.09 Å². The highest BCUT2D eigenvalue weighted by Gasteiger charge is 2.38. The van der Waals surface area contributed by atoms with Crippen LogP contribution in [0.3, 0.4) is 0 Å². The number of phenolic OH excluding ortho intramolecular Hbond substituents is 2. The molecule has 7 unspecified atom stereocenters. The minimum Gasteiger partial charge on any atom is -0.508 e. The first kappa shape index (κ1) is 91.3. The number of rotatable bonds is 16. The van der Waals surface area contributed by atoms with Gasteiger partial charge in [0.2, 0.25) is 5.95 Å². The molecule has 0 bridgehead atoms. The first-order valence-electron chi connectivity index (χ1n) is 45.8. The van der Waals surface area contributed by atoms with Crippen molar-refractivity contribution in [3.8, 4) is 22.8 Å². The molecule has 25 nitrogen and oxygen atoms in total. The summed E-state index contributed by atoms with van der Waals surface area (Å²) in [6.07, 6.45) is 59.1. The van der Waals surface area contributed by atoms with E-state index in [1.54, 1.807) is 42.8 Å². The first-order chi connectivity index (χ1) is 65.1. The number of carbonyl (C=O) groups is 2. The molecule has 10 aliphatic rings. The van der Waals surface area contributed by atoms with E-state index in [-0.39, 0.29) is 66.1 Å². The number of nitrogens with one attached hydrogen (secondary N) is 8. The van der Waals surface area contributed by atoms with Crippen molar-refractivity contribution in [2.24, 2.45) is 27.8 Å². The molecule has 7 atom stereocenters. The molecule has 0 radical (unpaired) electrons. The summed E-state index contributed by atoms with van der Waals surface area (Å²) >= 11 is 4.42. The van der Waals surface area contributed by atoms with Gasteiger partial charge in [-0.3, -0.25) is 20.1 Å². The summed E-state index contributed by atoms with van der Waals surface area (Å²) in [4.78, 5) is 40.6. The molecule has 15 N–H and O–H groups in total. The maximum atomic E-state index is 12.4. The molecule has 0 spiro atoms. The lowest BCUT2D eigenvalue weighted by atomic mass is 9.74. The van der Waals surface area contributed by atoms with Crippen LogP contribution in [0.2, 0.25) is 0 Å². The molecule has 6 aromatic carbocycles. The maximum Gasteiger partial charge on any atom is 0.404 e. The molecule has 0 saturated heterocycles. The summed E-state index contributed by atoms with van der Waals surface area (Å²) in [6.45, 7) is 11.7. The second-order valence-corrected chi connectivity index (χ2v) is 36.9. The van der Waals surface area contributed by atoms with Crippen LogP contribution in [0.5, 0.6) is 11.5 Å². The number of nitrogens with two attached hydrogens (primary N) is 2. The van der Waals surface area contributed by atoms with E-state index >= 15 is 0 Å². The number of Topliss-reactive ketones (excluding diaryl/α,β-unsaturated/α-hetero) is 1. The van der Waals surface area contributed by atoms with Gasteiger partial charge >= 0.3 is 6.09 Å². The Hall–Kier alpha value is -13.6. The predicted molar refractivity (Wildman–Crippen MR) is 548 cm³/mol. The minimum absolute atomic E-state index is 0.0370. The summed E-state index contributed by atoms with van der Waals surface area (Å²) in [5, 5.41) is 76.3.